The van der Waals surface area contributed by atoms with Gasteiger partial charge in [-0.05, 0) is 42.8 Å². The van der Waals surface area contributed by atoms with Crippen LogP contribution >= 0.6 is 0 Å². The van der Waals surface area contributed by atoms with Gasteiger partial charge in [-0.25, -0.2) is 0 Å². The number of nitrogens with two attached hydrogens (primary N) is 1. The average Bonchev–Trinajstić information content (AvgIpc) is 2.82. The van der Waals surface area contributed by atoms with Crippen molar-refractivity contribution in [1.29, 1.82) is 0 Å². The lowest BCUT2D eigenvalue weighted by atomic mass is 10.0. The highest BCUT2D eigenvalue weighted by Crippen LogP contribution is 2.25. The van der Waals surface area contributed by atoms with Crippen molar-refractivity contribution in [1.82, 2.24) is 4.40 Å². The van der Waals surface area contributed by atoms with Crippen LogP contribution in [-0.4, -0.2) is 17.3 Å². The predicted molar refractivity (Wildman–Crippen MR) is 81.8 cm³/mol. The zero-order valence-corrected chi connectivity index (χ0v) is 11.9. The molecule has 105 valence electrons. The Kier molecular flexibility index (Phi) is 3.14. The SMILES string of the molecule is COc1cc(C(=O)c2c(C)[c]c3ccccn23)ccc1N. The van der Waals surface area contributed by atoms with Crippen molar-refractivity contribution in [2.45, 2.75) is 6.92 Å². The van der Waals surface area contributed by atoms with Crippen LogP contribution in [0.25, 0.3) is 5.52 Å². The molecule has 0 bridgehead atoms. The first-order valence-electron chi connectivity index (χ1n) is 6.59. The molecular formula is C17H15N2O2. The number of hydrogen-bond donors (Lipinski definition) is 1. The summed E-state index contributed by atoms with van der Waals surface area (Å²) in [5, 5.41) is 0. The van der Waals surface area contributed by atoms with Crippen LogP contribution in [0.2, 0.25) is 0 Å². The van der Waals surface area contributed by atoms with Crippen molar-refractivity contribution >= 4 is 17.0 Å². The predicted octanol–water partition coefficient (Wildman–Crippen LogP) is 2.87. The third-order valence-corrected chi connectivity index (χ3v) is 3.48. The summed E-state index contributed by atoms with van der Waals surface area (Å²) >= 11 is 0. The van der Waals surface area contributed by atoms with Crippen LogP contribution in [0.5, 0.6) is 5.75 Å². The summed E-state index contributed by atoms with van der Waals surface area (Å²) in [6, 6.07) is 14.0. The van der Waals surface area contributed by atoms with E-state index in [1.165, 1.54) is 7.11 Å². The van der Waals surface area contributed by atoms with Crippen molar-refractivity contribution in [3.05, 3.63) is 65.5 Å². The fraction of sp³-hybridized carbons (Fsp3) is 0.118. The molecule has 0 aliphatic rings. The molecule has 3 rings (SSSR count). The molecule has 1 aromatic carbocycles. The van der Waals surface area contributed by atoms with E-state index >= 15 is 0 Å². The second kappa shape index (κ2) is 4.98. The van der Waals surface area contributed by atoms with Gasteiger partial charge in [-0.1, -0.05) is 6.07 Å². The number of carbonyl (C=O) groups is 1. The monoisotopic (exact) mass is 279 g/mol. The molecular weight excluding hydrogens is 264 g/mol. The maximum atomic E-state index is 12.8. The van der Waals surface area contributed by atoms with E-state index in [1.807, 2.05) is 35.7 Å². The van der Waals surface area contributed by atoms with E-state index in [2.05, 4.69) is 6.07 Å². The highest BCUT2D eigenvalue weighted by molar-refractivity contribution is 6.10. The number of ketones is 1. The number of aryl methyl sites for hydroxylation is 1. The van der Waals surface area contributed by atoms with E-state index in [9.17, 15) is 4.79 Å². The summed E-state index contributed by atoms with van der Waals surface area (Å²) in [6.45, 7) is 1.88. The summed E-state index contributed by atoms with van der Waals surface area (Å²) < 4.78 is 7.03. The molecule has 2 N–H and O–H groups in total. The summed E-state index contributed by atoms with van der Waals surface area (Å²) in [4.78, 5) is 12.8. The van der Waals surface area contributed by atoms with Gasteiger partial charge in [-0.2, -0.15) is 0 Å². The molecule has 21 heavy (non-hydrogen) atoms. The molecule has 0 spiro atoms. The van der Waals surface area contributed by atoms with Gasteiger partial charge in [0.25, 0.3) is 0 Å². The van der Waals surface area contributed by atoms with E-state index in [0.29, 0.717) is 22.7 Å². The minimum atomic E-state index is -0.0757. The molecule has 2 heterocycles. The lowest BCUT2D eigenvalue weighted by Gasteiger charge is -2.08. The standard InChI is InChI=1S/C17H15N2O2/c1-11-9-13-5-3-4-8-19(13)16(11)17(20)12-6-7-14(18)15(10-12)21-2/h3-8,10H,18H2,1-2H3. The molecule has 0 fully saturated rings. The Labute approximate surface area is 122 Å². The number of aromatic nitrogens is 1. The number of anilines is 1. The van der Waals surface area contributed by atoms with Crippen molar-refractivity contribution < 1.29 is 9.53 Å². The number of rotatable bonds is 3. The van der Waals surface area contributed by atoms with Crippen molar-refractivity contribution in [2.24, 2.45) is 0 Å². The van der Waals surface area contributed by atoms with Crippen molar-refractivity contribution in [3.63, 3.8) is 0 Å². The molecule has 0 saturated heterocycles. The molecule has 4 nitrogen and oxygen atoms in total. The van der Waals surface area contributed by atoms with Gasteiger partial charge in [0.1, 0.15) is 5.75 Å². The highest BCUT2D eigenvalue weighted by atomic mass is 16.5. The van der Waals surface area contributed by atoms with Gasteiger partial charge in [0.2, 0.25) is 5.78 Å². The van der Waals surface area contributed by atoms with Gasteiger partial charge in [0.15, 0.2) is 0 Å². The second-order valence-corrected chi connectivity index (χ2v) is 4.84. The van der Waals surface area contributed by atoms with E-state index < -0.39 is 0 Å². The van der Waals surface area contributed by atoms with Crippen molar-refractivity contribution in [3.8, 4) is 5.75 Å². The number of ether oxygens (including phenoxy) is 1. The smallest absolute Gasteiger partial charge is 0.210 e. The van der Waals surface area contributed by atoms with Gasteiger partial charge >= 0.3 is 0 Å². The fourth-order valence-electron chi connectivity index (χ4n) is 2.44. The van der Waals surface area contributed by atoms with Gasteiger partial charge in [-0.15, -0.1) is 0 Å². The first-order chi connectivity index (χ1) is 10.1. The topological polar surface area (TPSA) is 56.7 Å². The first-order valence-corrected chi connectivity index (χ1v) is 6.59. The van der Waals surface area contributed by atoms with E-state index in [1.54, 1.807) is 18.2 Å². The van der Waals surface area contributed by atoms with Gasteiger partial charge < -0.3 is 14.9 Å². The summed E-state index contributed by atoms with van der Waals surface area (Å²) in [5.74, 6) is 0.427. The molecule has 0 atom stereocenters. The van der Waals surface area contributed by atoms with Crippen molar-refractivity contribution in [2.75, 3.05) is 12.8 Å². The Balaban J connectivity index is 2.15. The zero-order chi connectivity index (χ0) is 15.0. The third kappa shape index (κ3) is 2.14. The van der Waals surface area contributed by atoms with E-state index in [0.717, 1.165) is 11.1 Å². The minimum Gasteiger partial charge on any atom is -0.495 e. The first kappa shape index (κ1) is 13.2. The number of nitrogens with zero attached hydrogens (tertiary/aromatic N) is 1. The summed E-state index contributed by atoms with van der Waals surface area (Å²) in [6.07, 6.45) is 1.86. The fourth-order valence-corrected chi connectivity index (χ4v) is 2.44. The lowest BCUT2D eigenvalue weighted by molar-refractivity contribution is 0.103. The maximum Gasteiger partial charge on any atom is 0.210 e. The summed E-state index contributed by atoms with van der Waals surface area (Å²) in [5.41, 5.74) is 9.15. The number of methoxy groups -OCH3 is 1. The molecule has 2 aromatic heterocycles. The Morgan fingerprint density at radius 3 is 2.86 bits per heavy atom. The Hall–Kier alpha value is -2.75. The molecule has 0 saturated carbocycles. The van der Waals surface area contributed by atoms with Gasteiger partial charge in [0.05, 0.1) is 24.0 Å². The maximum absolute atomic E-state index is 12.8. The third-order valence-electron chi connectivity index (χ3n) is 3.48. The Morgan fingerprint density at radius 2 is 2.10 bits per heavy atom. The number of carbonyl (C=O) groups excluding carboxylic acids is 1. The average molecular weight is 279 g/mol. The van der Waals surface area contributed by atoms with Crippen LogP contribution in [0.4, 0.5) is 5.69 Å². The largest absolute Gasteiger partial charge is 0.495 e. The second-order valence-electron chi connectivity index (χ2n) is 4.84. The number of hydrogen-bond acceptors (Lipinski definition) is 3. The van der Waals surface area contributed by atoms with Gasteiger partial charge in [-0.3, -0.25) is 4.79 Å². The molecule has 1 radical (unpaired) electrons. The number of benzene rings is 1. The zero-order valence-electron chi connectivity index (χ0n) is 11.9. The van der Waals surface area contributed by atoms with E-state index in [4.69, 9.17) is 10.5 Å². The number of nitrogen functional groups attached to an aromatic ring is 1. The van der Waals surface area contributed by atoms with Crippen LogP contribution in [0.1, 0.15) is 21.6 Å². The van der Waals surface area contributed by atoms with Crippen LogP contribution in [0, 0.1) is 13.0 Å². The van der Waals surface area contributed by atoms with E-state index in [-0.39, 0.29) is 5.78 Å². The van der Waals surface area contributed by atoms with Crippen LogP contribution in [0.3, 0.4) is 0 Å². The molecule has 0 aliphatic carbocycles. The summed E-state index contributed by atoms with van der Waals surface area (Å²) in [7, 11) is 1.53. The van der Waals surface area contributed by atoms with Crippen LogP contribution < -0.4 is 10.5 Å². The minimum absolute atomic E-state index is 0.0757. The van der Waals surface area contributed by atoms with Crippen LogP contribution in [-0.2, 0) is 0 Å². The van der Waals surface area contributed by atoms with Gasteiger partial charge in [0, 0.05) is 17.8 Å². The normalized spacial score (nSPS) is 10.8. The highest BCUT2D eigenvalue weighted by Gasteiger charge is 2.18. The molecule has 0 aliphatic heterocycles. The quantitative estimate of drug-likeness (QED) is 0.592. The molecule has 3 aromatic rings. The number of fused-ring (bicyclic) bond motifs is 1. The van der Waals surface area contributed by atoms with Crippen LogP contribution in [0.15, 0.2) is 42.6 Å². The molecule has 4 heteroatoms. The lowest BCUT2D eigenvalue weighted by Crippen LogP contribution is -2.07. The molecule has 0 unspecified atom stereocenters. The Bertz CT molecular complexity index is 834. The Morgan fingerprint density at radius 1 is 1.29 bits per heavy atom. The molecule has 0 amide bonds. The number of pyridine rings is 1.